The van der Waals surface area contributed by atoms with E-state index in [9.17, 15) is 4.79 Å². The van der Waals surface area contributed by atoms with E-state index in [0.29, 0.717) is 5.92 Å². The standard InChI is InChI=1S/C27H39N5OS/c1-19(24-16-22-11-12-23(24)15-22)28-26(33)20(2)34-27-30-29-25(18-31-13-7-4-8-14-31)32(27)17-21-9-5-3-6-10-21/h3,5-6,9-10,19-20,22-24H,4,7-8,11-18H2,1-2H3,(H,28,33). The predicted octanol–water partition coefficient (Wildman–Crippen LogP) is 4.73. The second-order valence-corrected chi connectivity index (χ2v) is 12.0. The number of nitrogens with one attached hydrogen (secondary N) is 1. The van der Waals surface area contributed by atoms with Gasteiger partial charge in [-0.1, -0.05) is 54.9 Å². The fourth-order valence-corrected chi connectivity index (χ4v) is 7.21. The molecule has 184 valence electrons. The van der Waals surface area contributed by atoms with Crippen LogP contribution in [0.15, 0.2) is 35.5 Å². The van der Waals surface area contributed by atoms with Crippen LogP contribution in [0.5, 0.6) is 0 Å². The number of benzene rings is 1. The largest absolute Gasteiger partial charge is 0.352 e. The molecule has 6 nitrogen and oxygen atoms in total. The summed E-state index contributed by atoms with van der Waals surface area (Å²) in [4.78, 5) is 15.6. The molecule has 1 aromatic carbocycles. The lowest BCUT2D eigenvalue weighted by molar-refractivity contribution is -0.121. The molecule has 5 rings (SSSR count). The minimum Gasteiger partial charge on any atom is -0.352 e. The number of carbonyl (C=O) groups is 1. The number of piperidine rings is 1. The Balaban J connectivity index is 1.26. The van der Waals surface area contributed by atoms with E-state index >= 15 is 0 Å². The third-order valence-electron chi connectivity index (χ3n) is 8.25. The number of amides is 1. The van der Waals surface area contributed by atoms with Crippen LogP contribution in [-0.4, -0.2) is 50.0 Å². The Bertz CT molecular complexity index is 957. The minimum absolute atomic E-state index is 0.118. The Kier molecular flexibility index (Phi) is 7.59. The first-order valence-corrected chi connectivity index (χ1v) is 14.1. The lowest BCUT2D eigenvalue weighted by Crippen LogP contribution is -2.43. The lowest BCUT2D eigenvalue weighted by atomic mass is 9.84. The number of hydrogen-bond donors (Lipinski definition) is 1. The molecule has 1 aliphatic heterocycles. The van der Waals surface area contributed by atoms with Gasteiger partial charge in [0.2, 0.25) is 5.91 Å². The van der Waals surface area contributed by atoms with Crippen molar-refractivity contribution < 1.29 is 4.79 Å². The van der Waals surface area contributed by atoms with E-state index in [1.165, 1.54) is 62.3 Å². The normalized spacial score (nSPS) is 26.5. The molecule has 1 aromatic heterocycles. The quantitative estimate of drug-likeness (QED) is 0.525. The van der Waals surface area contributed by atoms with E-state index in [1.807, 2.05) is 13.0 Å². The number of thioether (sulfide) groups is 1. The first-order chi connectivity index (χ1) is 16.6. The molecule has 3 fully saturated rings. The molecule has 2 saturated carbocycles. The summed E-state index contributed by atoms with van der Waals surface area (Å²) in [7, 11) is 0. The molecule has 34 heavy (non-hydrogen) atoms. The van der Waals surface area contributed by atoms with Crippen LogP contribution in [0.2, 0.25) is 0 Å². The summed E-state index contributed by atoms with van der Waals surface area (Å²) in [6, 6.07) is 10.7. The first kappa shape index (κ1) is 23.9. The molecule has 3 aliphatic rings. The summed E-state index contributed by atoms with van der Waals surface area (Å²) in [5.74, 6) is 3.48. The van der Waals surface area contributed by atoms with Crippen LogP contribution < -0.4 is 5.32 Å². The van der Waals surface area contributed by atoms with E-state index in [1.54, 1.807) is 0 Å². The topological polar surface area (TPSA) is 63.1 Å². The van der Waals surface area contributed by atoms with Crippen molar-refractivity contribution in [3.8, 4) is 0 Å². The van der Waals surface area contributed by atoms with Crippen LogP contribution in [0.4, 0.5) is 0 Å². The number of carbonyl (C=O) groups excluding carboxylic acids is 1. The van der Waals surface area contributed by atoms with Crippen molar-refractivity contribution in [2.24, 2.45) is 17.8 Å². The van der Waals surface area contributed by atoms with Gasteiger partial charge < -0.3 is 9.88 Å². The Labute approximate surface area is 208 Å². The molecule has 2 bridgehead atoms. The minimum atomic E-state index is -0.206. The van der Waals surface area contributed by atoms with Gasteiger partial charge in [-0.2, -0.15) is 0 Å². The van der Waals surface area contributed by atoms with E-state index < -0.39 is 0 Å². The van der Waals surface area contributed by atoms with Crippen LogP contribution in [0.3, 0.4) is 0 Å². The Hall–Kier alpha value is -1.86. The van der Waals surface area contributed by atoms with Gasteiger partial charge in [-0.05, 0) is 82.4 Å². The third-order valence-corrected chi connectivity index (χ3v) is 9.33. The van der Waals surface area contributed by atoms with Gasteiger partial charge in [0, 0.05) is 6.04 Å². The molecule has 5 atom stereocenters. The first-order valence-electron chi connectivity index (χ1n) is 13.2. The summed E-state index contributed by atoms with van der Waals surface area (Å²) in [6.45, 7) is 8.01. The van der Waals surface area contributed by atoms with Crippen LogP contribution in [0.25, 0.3) is 0 Å². The van der Waals surface area contributed by atoms with E-state index in [0.717, 1.165) is 49.0 Å². The van der Waals surface area contributed by atoms with Crippen LogP contribution in [-0.2, 0) is 17.9 Å². The lowest BCUT2D eigenvalue weighted by Gasteiger charge is -2.29. The number of fused-ring (bicyclic) bond motifs is 2. The molecule has 1 N–H and O–H groups in total. The summed E-state index contributed by atoms with van der Waals surface area (Å²) >= 11 is 1.54. The summed E-state index contributed by atoms with van der Waals surface area (Å²) in [5.41, 5.74) is 1.23. The zero-order valence-electron chi connectivity index (χ0n) is 20.7. The van der Waals surface area contributed by atoms with Gasteiger partial charge in [0.1, 0.15) is 5.82 Å². The molecule has 1 saturated heterocycles. The maximum Gasteiger partial charge on any atom is 0.233 e. The highest BCUT2D eigenvalue weighted by Gasteiger charge is 2.42. The number of hydrogen-bond acceptors (Lipinski definition) is 5. The van der Waals surface area contributed by atoms with Gasteiger partial charge in [-0.15, -0.1) is 10.2 Å². The van der Waals surface area contributed by atoms with Crippen LogP contribution >= 0.6 is 11.8 Å². The van der Waals surface area contributed by atoms with Crippen LogP contribution in [0.1, 0.15) is 70.2 Å². The number of likely N-dealkylation sites (tertiary alicyclic amines) is 1. The Morgan fingerprint density at radius 1 is 1.06 bits per heavy atom. The van der Waals surface area contributed by atoms with Crippen molar-refractivity contribution in [3.63, 3.8) is 0 Å². The highest BCUT2D eigenvalue weighted by Crippen LogP contribution is 2.49. The van der Waals surface area contributed by atoms with Crippen molar-refractivity contribution in [2.75, 3.05) is 13.1 Å². The highest BCUT2D eigenvalue weighted by atomic mass is 32.2. The van der Waals surface area contributed by atoms with Gasteiger partial charge in [0.25, 0.3) is 0 Å². The molecule has 0 spiro atoms. The SMILES string of the molecule is CC(Sc1nnc(CN2CCCCC2)n1Cc1ccccc1)C(=O)NC(C)C1CC2CCC1C2. The number of aromatic nitrogens is 3. The summed E-state index contributed by atoms with van der Waals surface area (Å²) in [6.07, 6.45) is 9.24. The zero-order valence-corrected chi connectivity index (χ0v) is 21.5. The summed E-state index contributed by atoms with van der Waals surface area (Å²) < 4.78 is 2.22. The smallest absolute Gasteiger partial charge is 0.233 e. The maximum atomic E-state index is 13.1. The highest BCUT2D eigenvalue weighted by molar-refractivity contribution is 8.00. The van der Waals surface area contributed by atoms with Gasteiger partial charge in [0.05, 0.1) is 18.3 Å². The Morgan fingerprint density at radius 3 is 2.56 bits per heavy atom. The molecule has 2 aromatic rings. The van der Waals surface area contributed by atoms with E-state index in [2.05, 4.69) is 56.2 Å². The second-order valence-electron chi connectivity index (χ2n) is 10.7. The van der Waals surface area contributed by atoms with Gasteiger partial charge >= 0.3 is 0 Å². The van der Waals surface area contributed by atoms with Crippen molar-refractivity contribution >= 4 is 17.7 Å². The predicted molar refractivity (Wildman–Crippen MR) is 137 cm³/mol. The summed E-state index contributed by atoms with van der Waals surface area (Å²) in [5, 5.41) is 13.1. The van der Waals surface area contributed by atoms with Crippen molar-refractivity contribution in [3.05, 3.63) is 41.7 Å². The fourth-order valence-electron chi connectivity index (χ4n) is 6.33. The van der Waals surface area contributed by atoms with Gasteiger partial charge in [0.15, 0.2) is 5.16 Å². The van der Waals surface area contributed by atoms with Crippen molar-refractivity contribution in [2.45, 2.75) is 88.3 Å². The second kappa shape index (κ2) is 10.8. The average molecular weight is 482 g/mol. The fraction of sp³-hybridized carbons (Fsp3) is 0.667. The van der Waals surface area contributed by atoms with E-state index in [-0.39, 0.29) is 17.2 Å². The number of rotatable bonds is 9. The molecule has 5 unspecified atom stereocenters. The van der Waals surface area contributed by atoms with E-state index in [4.69, 9.17) is 0 Å². The molecular weight excluding hydrogens is 442 g/mol. The van der Waals surface area contributed by atoms with Crippen LogP contribution in [0, 0.1) is 17.8 Å². The Morgan fingerprint density at radius 2 is 1.85 bits per heavy atom. The monoisotopic (exact) mass is 481 g/mol. The zero-order chi connectivity index (χ0) is 23.5. The van der Waals surface area contributed by atoms with Gasteiger partial charge in [-0.25, -0.2) is 0 Å². The number of nitrogens with zero attached hydrogens (tertiary/aromatic N) is 4. The van der Waals surface area contributed by atoms with Crippen molar-refractivity contribution in [1.82, 2.24) is 25.0 Å². The molecular formula is C27H39N5OS. The third kappa shape index (κ3) is 5.51. The molecule has 1 amide bonds. The van der Waals surface area contributed by atoms with Gasteiger partial charge in [-0.3, -0.25) is 9.69 Å². The maximum absolute atomic E-state index is 13.1. The van der Waals surface area contributed by atoms with Crippen molar-refractivity contribution in [1.29, 1.82) is 0 Å². The molecule has 7 heteroatoms. The molecule has 2 heterocycles. The molecule has 0 radical (unpaired) electrons. The molecule has 2 aliphatic carbocycles. The average Bonchev–Trinajstić information content (AvgIpc) is 3.58.